The van der Waals surface area contributed by atoms with Gasteiger partial charge in [0.25, 0.3) is 0 Å². The van der Waals surface area contributed by atoms with Gasteiger partial charge in [-0.3, -0.25) is 4.90 Å². The molecule has 1 aromatic carbocycles. The summed E-state index contributed by atoms with van der Waals surface area (Å²) in [5.41, 5.74) is 9.54. The number of aryl methyl sites for hydroxylation is 1. The van der Waals surface area contributed by atoms with Crippen LogP contribution in [0.5, 0.6) is 0 Å². The van der Waals surface area contributed by atoms with Gasteiger partial charge in [-0.05, 0) is 50.6 Å². The van der Waals surface area contributed by atoms with Crippen LogP contribution in [0.4, 0.5) is 11.4 Å². The van der Waals surface area contributed by atoms with E-state index < -0.39 is 0 Å². The van der Waals surface area contributed by atoms with Crippen LogP contribution in [0, 0.1) is 6.92 Å². The standard InChI is InChI=1S/C21H34N5P/c1-4-20(27)21(22)23-17-5-6-19(16(2)15-17)26-9-7-18(8-10-26)25-13-11-24(3)12-14-25/h4-6,15,18,20H,1,7-14,27H2,2-3H3,(H2,22,23). The average Bonchev–Trinajstić information content (AvgIpc) is 2.68. The van der Waals surface area contributed by atoms with Crippen molar-refractivity contribution in [3.63, 3.8) is 0 Å². The van der Waals surface area contributed by atoms with Crippen molar-refractivity contribution < 1.29 is 0 Å². The number of hydrogen-bond donors (Lipinski definition) is 1. The summed E-state index contributed by atoms with van der Waals surface area (Å²) in [4.78, 5) is 12.2. The highest BCUT2D eigenvalue weighted by atomic mass is 31.0. The van der Waals surface area contributed by atoms with Crippen LogP contribution >= 0.6 is 9.24 Å². The largest absolute Gasteiger partial charge is 0.386 e. The molecule has 0 amide bonds. The summed E-state index contributed by atoms with van der Waals surface area (Å²) in [7, 11) is 4.87. The van der Waals surface area contributed by atoms with Gasteiger partial charge >= 0.3 is 0 Å². The molecular formula is C21H34N5P. The highest BCUT2D eigenvalue weighted by Gasteiger charge is 2.27. The van der Waals surface area contributed by atoms with E-state index in [9.17, 15) is 0 Å². The molecule has 0 spiro atoms. The van der Waals surface area contributed by atoms with Crippen molar-refractivity contribution in [3.8, 4) is 0 Å². The van der Waals surface area contributed by atoms with Gasteiger partial charge < -0.3 is 15.5 Å². The van der Waals surface area contributed by atoms with E-state index in [-0.39, 0.29) is 5.66 Å². The monoisotopic (exact) mass is 387 g/mol. The fourth-order valence-electron chi connectivity index (χ4n) is 4.07. The zero-order valence-corrected chi connectivity index (χ0v) is 17.9. The molecule has 2 unspecified atom stereocenters. The molecule has 1 aromatic rings. The number of hydrogen-bond acceptors (Lipinski definition) is 4. The molecule has 2 aliphatic rings. The topological polar surface area (TPSA) is 48.1 Å². The molecule has 0 aromatic heterocycles. The number of aliphatic imine (C=N–C) groups is 1. The lowest BCUT2D eigenvalue weighted by Gasteiger charge is -2.42. The van der Waals surface area contributed by atoms with Crippen molar-refractivity contribution in [3.05, 3.63) is 36.4 Å². The van der Waals surface area contributed by atoms with Gasteiger partial charge in [-0.25, -0.2) is 4.99 Å². The van der Waals surface area contributed by atoms with Gasteiger partial charge in [0, 0.05) is 56.7 Å². The molecule has 2 heterocycles. The Morgan fingerprint density at radius 1 is 1.22 bits per heavy atom. The Morgan fingerprint density at radius 2 is 1.89 bits per heavy atom. The first-order valence-corrected chi connectivity index (χ1v) is 10.6. The minimum Gasteiger partial charge on any atom is -0.386 e. The van der Waals surface area contributed by atoms with Gasteiger partial charge in [-0.1, -0.05) is 6.08 Å². The molecule has 3 rings (SSSR count). The molecule has 6 heteroatoms. The summed E-state index contributed by atoms with van der Waals surface area (Å²) in [6, 6.07) is 7.15. The summed E-state index contributed by atoms with van der Waals surface area (Å²) in [5.74, 6) is 0.579. The molecular weight excluding hydrogens is 353 g/mol. The van der Waals surface area contributed by atoms with Crippen LogP contribution in [-0.2, 0) is 0 Å². The molecule has 0 saturated carbocycles. The Bertz CT molecular complexity index is 673. The normalized spacial score (nSPS) is 22.0. The predicted molar refractivity (Wildman–Crippen MR) is 120 cm³/mol. The number of nitrogens with two attached hydrogens (primary N) is 1. The molecule has 2 saturated heterocycles. The molecule has 2 N–H and O–H groups in total. The molecule has 2 atom stereocenters. The lowest BCUT2D eigenvalue weighted by atomic mass is 10.0. The summed E-state index contributed by atoms with van der Waals surface area (Å²) in [6.45, 7) is 13.0. The van der Waals surface area contributed by atoms with E-state index in [4.69, 9.17) is 5.73 Å². The van der Waals surface area contributed by atoms with E-state index >= 15 is 0 Å². The third-order valence-electron chi connectivity index (χ3n) is 5.89. The van der Waals surface area contributed by atoms with Crippen LogP contribution < -0.4 is 10.6 Å². The molecule has 2 aliphatic heterocycles. The fourth-order valence-corrected chi connectivity index (χ4v) is 4.14. The first kappa shape index (κ1) is 20.3. The second-order valence-electron chi connectivity index (χ2n) is 7.83. The maximum absolute atomic E-state index is 6.03. The number of likely N-dealkylation sites (N-methyl/N-ethyl adjacent to an activating group) is 1. The van der Waals surface area contributed by atoms with Crippen molar-refractivity contribution in [2.75, 3.05) is 51.2 Å². The minimum atomic E-state index is 0.0126. The van der Waals surface area contributed by atoms with Gasteiger partial charge in [0.15, 0.2) is 0 Å². The van der Waals surface area contributed by atoms with E-state index in [0.717, 1.165) is 24.8 Å². The SMILES string of the molecule is C=CC(P)C(N)=Nc1ccc(N2CCC(N3CCN(C)CC3)CC2)c(C)c1. The van der Waals surface area contributed by atoms with Crippen molar-refractivity contribution in [2.24, 2.45) is 10.7 Å². The number of amidine groups is 1. The van der Waals surface area contributed by atoms with Crippen LogP contribution in [0.2, 0.25) is 0 Å². The van der Waals surface area contributed by atoms with Gasteiger partial charge in [-0.15, -0.1) is 15.8 Å². The first-order chi connectivity index (χ1) is 13.0. The predicted octanol–water partition coefficient (Wildman–Crippen LogP) is 2.63. The molecule has 148 valence electrons. The maximum Gasteiger partial charge on any atom is 0.110 e. The molecule has 0 radical (unpaired) electrons. The van der Waals surface area contributed by atoms with Gasteiger partial charge in [0.05, 0.1) is 5.69 Å². The quantitative estimate of drug-likeness (QED) is 0.365. The van der Waals surface area contributed by atoms with E-state index in [0.29, 0.717) is 5.84 Å². The number of benzene rings is 1. The summed E-state index contributed by atoms with van der Waals surface area (Å²) >= 11 is 0. The highest BCUT2D eigenvalue weighted by molar-refractivity contribution is 7.19. The Balaban J connectivity index is 1.60. The molecule has 0 bridgehead atoms. The third-order valence-corrected chi connectivity index (χ3v) is 6.51. The zero-order valence-electron chi connectivity index (χ0n) is 16.8. The number of piperidine rings is 1. The molecule has 2 fully saturated rings. The number of rotatable bonds is 5. The fraction of sp³-hybridized carbons (Fsp3) is 0.571. The second kappa shape index (κ2) is 9.18. The average molecular weight is 388 g/mol. The van der Waals surface area contributed by atoms with Crippen LogP contribution in [-0.4, -0.2) is 73.7 Å². The maximum atomic E-state index is 6.03. The van der Waals surface area contributed by atoms with Crippen LogP contribution in [0.15, 0.2) is 35.8 Å². The molecule has 0 aliphatic carbocycles. The molecule has 27 heavy (non-hydrogen) atoms. The number of nitrogens with zero attached hydrogens (tertiary/aromatic N) is 4. The van der Waals surface area contributed by atoms with E-state index in [1.807, 2.05) is 0 Å². The smallest absolute Gasteiger partial charge is 0.110 e. The van der Waals surface area contributed by atoms with Gasteiger partial charge in [-0.2, -0.15) is 0 Å². The number of anilines is 1. The summed E-state index contributed by atoms with van der Waals surface area (Å²) < 4.78 is 0. The van der Waals surface area contributed by atoms with Crippen molar-refractivity contribution in [1.82, 2.24) is 9.80 Å². The van der Waals surface area contributed by atoms with E-state index in [1.54, 1.807) is 6.08 Å². The zero-order chi connectivity index (χ0) is 19.4. The summed E-state index contributed by atoms with van der Waals surface area (Å²) in [5, 5.41) is 0. The Kier molecular flexibility index (Phi) is 6.91. The van der Waals surface area contributed by atoms with Crippen LogP contribution in [0.1, 0.15) is 18.4 Å². The van der Waals surface area contributed by atoms with E-state index in [2.05, 4.69) is 67.7 Å². The van der Waals surface area contributed by atoms with Crippen LogP contribution in [0.3, 0.4) is 0 Å². The first-order valence-electron chi connectivity index (χ1n) is 9.98. The molecule has 5 nitrogen and oxygen atoms in total. The van der Waals surface area contributed by atoms with E-state index in [1.165, 1.54) is 50.3 Å². The van der Waals surface area contributed by atoms with Crippen LogP contribution in [0.25, 0.3) is 0 Å². The minimum absolute atomic E-state index is 0.0126. The Hall–Kier alpha value is -1.42. The van der Waals surface area contributed by atoms with Crippen molar-refractivity contribution >= 4 is 26.5 Å². The highest BCUT2D eigenvalue weighted by Crippen LogP contribution is 2.29. The van der Waals surface area contributed by atoms with Gasteiger partial charge in [0.1, 0.15) is 5.84 Å². The third kappa shape index (κ3) is 5.10. The Morgan fingerprint density at radius 3 is 2.48 bits per heavy atom. The summed E-state index contributed by atoms with van der Waals surface area (Å²) in [6.07, 6.45) is 4.30. The van der Waals surface area contributed by atoms with Crippen molar-refractivity contribution in [2.45, 2.75) is 31.5 Å². The second-order valence-corrected chi connectivity index (χ2v) is 8.54. The lowest BCUT2D eigenvalue weighted by Crippen LogP contribution is -2.52. The van der Waals surface area contributed by atoms with Crippen molar-refractivity contribution in [1.29, 1.82) is 0 Å². The Labute approximate surface area is 166 Å². The lowest BCUT2D eigenvalue weighted by molar-refractivity contribution is 0.0982. The van der Waals surface area contributed by atoms with Gasteiger partial charge in [0.2, 0.25) is 0 Å². The number of piperazine rings is 1.